The molecule has 14 heteroatoms. The zero-order valence-electron chi connectivity index (χ0n) is 20.8. The summed E-state index contributed by atoms with van der Waals surface area (Å²) in [7, 11) is 0. The van der Waals surface area contributed by atoms with E-state index in [0.29, 0.717) is 11.8 Å². The molecule has 0 spiro atoms. The average molecular weight is 622 g/mol. The van der Waals surface area contributed by atoms with Gasteiger partial charge in [0.05, 0.1) is 37.7 Å². The molecule has 1 fully saturated rings. The minimum absolute atomic E-state index is 0.00593. The quantitative estimate of drug-likeness (QED) is 0.178. The smallest absolute Gasteiger partial charge is 0.417 e. The predicted molar refractivity (Wildman–Crippen MR) is 143 cm³/mol. The van der Waals surface area contributed by atoms with Crippen LogP contribution in [0.2, 0.25) is 10.0 Å². The van der Waals surface area contributed by atoms with Gasteiger partial charge in [-0.25, -0.2) is 14.7 Å². The van der Waals surface area contributed by atoms with Crippen molar-refractivity contribution >= 4 is 64.2 Å². The number of nitriles is 1. The number of rotatable bonds is 7. The fourth-order valence-electron chi connectivity index (χ4n) is 3.88. The molecule has 8 nitrogen and oxygen atoms in total. The summed E-state index contributed by atoms with van der Waals surface area (Å²) >= 11 is 12.3. The number of anilines is 1. The Kier molecular flexibility index (Phi) is 8.72. The van der Waals surface area contributed by atoms with E-state index in [9.17, 15) is 37.6 Å². The minimum Gasteiger partial charge on any atom is -0.454 e. The molecule has 1 unspecified atom stereocenters. The van der Waals surface area contributed by atoms with Crippen molar-refractivity contribution in [2.75, 3.05) is 11.5 Å². The fourth-order valence-corrected chi connectivity index (χ4v) is 5.35. The largest absolute Gasteiger partial charge is 0.454 e. The number of ketones is 1. The van der Waals surface area contributed by atoms with Crippen molar-refractivity contribution in [2.24, 2.45) is 0 Å². The molecule has 0 aliphatic carbocycles. The maximum atomic E-state index is 13.4. The molecule has 2 heterocycles. The molecule has 3 aromatic rings. The molecule has 1 saturated heterocycles. The predicted octanol–water partition coefficient (Wildman–Crippen LogP) is 6.05. The second-order valence-electron chi connectivity index (χ2n) is 8.65. The van der Waals surface area contributed by atoms with Crippen LogP contribution in [0.3, 0.4) is 0 Å². The standard InChI is InChI=1S/C27H16Cl2F3N3O5S/c1-13-8-18(27(30,31)32)17(11-33)24(34-13)41-22-10-23(37)35(25(22)38)16-5-2-14(3-6-16)26(39)40-12-21(36)15-4-7-19(28)20(29)9-15/h2-9,22H,10,12H2,1H3. The van der Waals surface area contributed by atoms with Crippen LogP contribution in [0.1, 0.15) is 44.0 Å². The van der Waals surface area contributed by atoms with Gasteiger partial charge in [-0.2, -0.15) is 18.4 Å². The summed E-state index contributed by atoms with van der Waals surface area (Å²) in [5, 5.41) is 8.36. The summed E-state index contributed by atoms with van der Waals surface area (Å²) in [6, 6.07) is 11.6. The Labute approximate surface area is 245 Å². The lowest BCUT2D eigenvalue weighted by atomic mass is 10.1. The Hall–Kier alpha value is -3.92. The van der Waals surface area contributed by atoms with Crippen molar-refractivity contribution in [3.8, 4) is 6.07 Å². The molecule has 1 aliphatic heterocycles. The number of imide groups is 1. The molecule has 210 valence electrons. The molecule has 0 bridgehead atoms. The van der Waals surface area contributed by atoms with Crippen LogP contribution in [-0.4, -0.2) is 40.4 Å². The molecule has 4 rings (SSSR count). The number of ether oxygens (including phenoxy) is 1. The van der Waals surface area contributed by atoms with E-state index in [0.717, 1.165) is 11.0 Å². The van der Waals surface area contributed by atoms with Gasteiger partial charge in [0.2, 0.25) is 11.8 Å². The van der Waals surface area contributed by atoms with Gasteiger partial charge in [-0.3, -0.25) is 14.4 Å². The van der Waals surface area contributed by atoms with E-state index in [2.05, 4.69) is 4.98 Å². The van der Waals surface area contributed by atoms with E-state index in [1.807, 2.05) is 0 Å². The van der Waals surface area contributed by atoms with E-state index in [1.54, 1.807) is 0 Å². The molecule has 1 aliphatic rings. The highest BCUT2D eigenvalue weighted by Crippen LogP contribution is 2.39. The molecule has 41 heavy (non-hydrogen) atoms. The minimum atomic E-state index is -4.81. The Balaban J connectivity index is 1.45. The number of Topliss-reactive ketones (excluding diaryl/α,β-unsaturated/α-hetero) is 1. The maximum Gasteiger partial charge on any atom is 0.417 e. The highest BCUT2D eigenvalue weighted by molar-refractivity contribution is 8.00. The van der Waals surface area contributed by atoms with Crippen LogP contribution in [0.15, 0.2) is 53.6 Å². The Morgan fingerprint density at radius 1 is 1.10 bits per heavy atom. The normalized spacial score (nSPS) is 15.1. The first-order valence-electron chi connectivity index (χ1n) is 11.6. The van der Waals surface area contributed by atoms with Gasteiger partial charge in [-0.05, 0) is 55.5 Å². The van der Waals surface area contributed by atoms with Crippen molar-refractivity contribution in [2.45, 2.75) is 29.8 Å². The Morgan fingerprint density at radius 2 is 1.76 bits per heavy atom. The number of carbonyl (C=O) groups is 4. The Bertz CT molecular complexity index is 1620. The second-order valence-corrected chi connectivity index (χ2v) is 10.7. The summed E-state index contributed by atoms with van der Waals surface area (Å²) in [5.41, 5.74) is -1.58. The second kappa shape index (κ2) is 11.9. The van der Waals surface area contributed by atoms with Crippen LogP contribution >= 0.6 is 35.0 Å². The van der Waals surface area contributed by atoms with Crippen molar-refractivity contribution in [3.05, 3.63) is 86.5 Å². The maximum absolute atomic E-state index is 13.4. The van der Waals surface area contributed by atoms with Crippen LogP contribution in [0.25, 0.3) is 0 Å². The van der Waals surface area contributed by atoms with E-state index >= 15 is 0 Å². The Morgan fingerprint density at radius 3 is 2.37 bits per heavy atom. The number of benzene rings is 2. The summed E-state index contributed by atoms with van der Waals surface area (Å²) in [6.07, 6.45) is -5.15. The number of esters is 1. The summed E-state index contributed by atoms with van der Waals surface area (Å²) < 4.78 is 45.4. The molecule has 0 saturated carbocycles. The van der Waals surface area contributed by atoms with E-state index in [1.165, 1.54) is 55.5 Å². The molecule has 2 amide bonds. The third-order valence-corrected chi connectivity index (χ3v) is 7.74. The third-order valence-electron chi connectivity index (χ3n) is 5.83. The van der Waals surface area contributed by atoms with Crippen LogP contribution < -0.4 is 4.90 Å². The summed E-state index contributed by atoms with van der Waals surface area (Å²) in [4.78, 5) is 55.3. The van der Waals surface area contributed by atoms with Crippen LogP contribution in [0.5, 0.6) is 0 Å². The number of carbonyl (C=O) groups excluding carboxylic acids is 4. The van der Waals surface area contributed by atoms with Gasteiger partial charge in [0.25, 0.3) is 0 Å². The van der Waals surface area contributed by atoms with E-state index in [4.69, 9.17) is 27.9 Å². The van der Waals surface area contributed by atoms with Crippen molar-refractivity contribution in [1.82, 2.24) is 4.98 Å². The van der Waals surface area contributed by atoms with Gasteiger partial charge < -0.3 is 4.74 Å². The number of hydrogen-bond acceptors (Lipinski definition) is 8. The van der Waals surface area contributed by atoms with Crippen molar-refractivity contribution in [1.29, 1.82) is 5.26 Å². The zero-order chi connectivity index (χ0) is 30.1. The lowest BCUT2D eigenvalue weighted by Crippen LogP contribution is -2.31. The van der Waals surface area contributed by atoms with Gasteiger partial charge in [0.15, 0.2) is 12.4 Å². The van der Waals surface area contributed by atoms with Crippen molar-refractivity contribution < 1.29 is 37.1 Å². The SMILES string of the molecule is Cc1cc(C(F)(F)F)c(C#N)c(SC2CC(=O)N(c3ccc(C(=O)OCC(=O)c4ccc(Cl)c(Cl)c4)cc3)C2=O)n1. The number of alkyl halides is 3. The molecule has 1 atom stereocenters. The number of thioether (sulfide) groups is 1. The molecular formula is C27H16Cl2F3N3O5S. The first-order chi connectivity index (χ1) is 19.3. The highest BCUT2D eigenvalue weighted by Gasteiger charge is 2.42. The monoisotopic (exact) mass is 621 g/mol. The van der Waals surface area contributed by atoms with E-state index in [-0.39, 0.29) is 44.0 Å². The van der Waals surface area contributed by atoms with Crippen LogP contribution in [0.4, 0.5) is 18.9 Å². The molecule has 0 N–H and O–H groups in total. The summed E-state index contributed by atoms with van der Waals surface area (Å²) in [6.45, 7) is 0.748. The lowest BCUT2D eigenvalue weighted by Gasteiger charge is -2.16. The fraction of sp³-hybridized carbons (Fsp3) is 0.185. The molecule has 2 aromatic carbocycles. The number of hydrogen-bond donors (Lipinski definition) is 0. The van der Waals surface area contributed by atoms with Crippen molar-refractivity contribution in [3.63, 3.8) is 0 Å². The average Bonchev–Trinajstić information content (AvgIpc) is 3.20. The summed E-state index contributed by atoms with van der Waals surface area (Å²) in [5.74, 6) is -2.71. The number of aromatic nitrogens is 1. The molecule has 0 radical (unpaired) electrons. The third kappa shape index (κ3) is 6.53. The van der Waals surface area contributed by atoms with Gasteiger partial charge >= 0.3 is 12.1 Å². The molecular weight excluding hydrogens is 606 g/mol. The van der Waals surface area contributed by atoms with Gasteiger partial charge in [-0.15, -0.1) is 0 Å². The zero-order valence-corrected chi connectivity index (χ0v) is 23.1. The number of halogens is 5. The van der Waals surface area contributed by atoms with E-state index < -0.39 is 52.7 Å². The lowest BCUT2D eigenvalue weighted by molar-refractivity contribution is -0.138. The first kappa shape index (κ1) is 30.0. The van der Waals surface area contributed by atoms with Crippen LogP contribution in [-0.2, 0) is 20.5 Å². The number of aryl methyl sites for hydroxylation is 1. The number of nitrogens with zero attached hydrogens (tertiary/aromatic N) is 3. The number of amides is 2. The highest BCUT2D eigenvalue weighted by atomic mass is 35.5. The van der Waals surface area contributed by atoms with Gasteiger partial charge in [-0.1, -0.05) is 35.0 Å². The number of pyridine rings is 1. The first-order valence-corrected chi connectivity index (χ1v) is 13.2. The van der Waals surface area contributed by atoms with Crippen LogP contribution in [0, 0.1) is 18.3 Å². The van der Waals surface area contributed by atoms with Gasteiger partial charge in [0, 0.05) is 17.7 Å². The molecule has 1 aromatic heterocycles. The topological polar surface area (TPSA) is 117 Å². The van der Waals surface area contributed by atoms with Gasteiger partial charge in [0.1, 0.15) is 11.1 Å².